The van der Waals surface area contributed by atoms with Crippen LogP contribution in [0.5, 0.6) is 0 Å². The van der Waals surface area contributed by atoms with E-state index < -0.39 is 29.7 Å². The third-order valence-corrected chi connectivity index (χ3v) is 1.39. The molecule has 0 aromatic rings. The first kappa shape index (κ1) is 10.8. The van der Waals surface area contributed by atoms with Crippen LogP contribution in [-0.2, 0) is 18.9 Å². The first-order valence-corrected chi connectivity index (χ1v) is 3.92. The van der Waals surface area contributed by atoms with Crippen molar-refractivity contribution < 1.29 is 27.1 Å². The maximum atomic E-state index is 10.3. The van der Waals surface area contributed by atoms with Crippen molar-refractivity contribution in [2.45, 2.75) is 6.10 Å². The maximum absolute atomic E-state index is 10.3. The second-order valence-electron chi connectivity index (χ2n) is 1.63. The molecule has 0 rings (SSSR count). The Morgan fingerprint density at radius 2 is 2.09 bits per heavy atom. The third kappa shape index (κ3) is 5.07. The number of rotatable bonds is 5. The van der Waals surface area contributed by atoms with E-state index in [2.05, 4.69) is 14.4 Å². The van der Waals surface area contributed by atoms with Crippen LogP contribution in [0.15, 0.2) is 0 Å². The van der Waals surface area contributed by atoms with Crippen molar-refractivity contribution in [1.82, 2.24) is 0 Å². The average Bonchev–Trinajstić information content (AvgIpc) is 2.00. The van der Waals surface area contributed by atoms with E-state index in [1.54, 1.807) is 0 Å². The highest BCUT2D eigenvalue weighted by Crippen LogP contribution is 1.92. The van der Waals surface area contributed by atoms with Gasteiger partial charge in [0.1, 0.15) is 6.10 Å². The van der Waals surface area contributed by atoms with Gasteiger partial charge in [-0.25, -0.2) is 4.18 Å². The van der Waals surface area contributed by atoms with E-state index in [-0.39, 0.29) is 0 Å². The van der Waals surface area contributed by atoms with E-state index in [9.17, 15) is 8.42 Å². The molecule has 0 spiro atoms. The van der Waals surface area contributed by atoms with Gasteiger partial charge in [0.15, 0.2) is 0 Å². The van der Waals surface area contributed by atoms with Gasteiger partial charge in [-0.15, -0.1) is 0 Å². The van der Waals surface area contributed by atoms with E-state index >= 15 is 0 Å². The van der Waals surface area contributed by atoms with Gasteiger partial charge in [0.05, 0.1) is 13.2 Å². The number of aliphatic hydroxyl groups excluding tert-OH is 2. The number of hydrogen-bond acceptors (Lipinski definition) is 7. The Bertz CT molecular complexity index is 188. The fraction of sp³-hybridized carbons (Fsp3) is 1.00. The lowest BCUT2D eigenvalue weighted by Gasteiger charge is -2.05. The van der Waals surface area contributed by atoms with Gasteiger partial charge in [-0.2, -0.15) is 18.6 Å². The second-order valence-corrected chi connectivity index (χ2v) is 2.87. The molecule has 0 saturated carbocycles. The van der Waals surface area contributed by atoms with Crippen molar-refractivity contribution in [3.8, 4) is 0 Å². The summed E-state index contributed by atoms with van der Waals surface area (Å²) in [6.45, 7) is -1.18. The molecule has 8 heteroatoms. The van der Waals surface area contributed by atoms with Gasteiger partial charge in [0.2, 0.25) is 0 Å². The summed E-state index contributed by atoms with van der Waals surface area (Å²) in [5, 5.41) is 16.8. The van der Waals surface area contributed by atoms with Crippen molar-refractivity contribution in [2.75, 3.05) is 13.2 Å². The molecule has 7 nitrogen and oxygen atoms in total. The Morgan fingerprint density at radius 1 is 1.55 bits per heavy atom. The highest BCUT2D eigenvalue weighted by molar-refractivity contribution is 7.81. The zero-order valence-electron chi connectivity index (χ0n) is 5.50. The molecule has 0 aliphatic carbocycles. The molecule has 0 radical (unpaired) electrons. The fourth-order valence-electron chi connectivity index (χ4n) is 0.242. The molecule has 0 bridgehead atoms. The first-order chi connectivity index (χ1) is 5.02. The number of nitrogens with two attached hydrogens (primary N) is 1. The Kier molecular flexibility index (Phi) is 4.49. The zero-order valence-corrected chi connectivity index (χ0v) is 6.32. The Labute approximate surface area is 63.6 Å². The lowest BCUT2D eigenvalue weighted by atomic mass is 10.4. The van der Waals surface area contributed by atoms with E-state index in [0.29, 0.717) is 0 Å². The minimum atomic E-state index is -4.22. The Balaban J connectivity index is 3.71. The van der Waals surface area contributed by atoms with Gasteiger partial charge in [-0.1, -0.05) is 0 Å². The quantitative estimate of drug-likeness (QED) is 0.407. The number of aliphatic hydroxyl groups is 2. The van der Waals surface area contributed by atoms with Crippen LogP contribution in [0.4, 0.5) is 0 Å². The molecule has 68 valence electrons. The lowest BCUT2D eigenvalue weighted by Crippen LogP contribution is -2.24. The van der Waals surface area contributed by atoms with Gasteiger partial charge in [0, 0.05) is 0 Å². The summed E-state index contributed by atoms with van der Waals surface area (Å²) in [5.41, 5.74) is 0. The topological polar surface area (TPSA) is 119 Å². The second kappa shape index (κ2) is 4.59. The van der Waals surface area contributed by atoms with Crippen molar-refractivity contribution in [3.63, 3.8) is 0 Å². The third-order valence-electron chi connectivity index (χ3n) is 0.733. The summed E-state index contributed by atoms with van der Waals surface area (Å²) in [4.78, 5) is 0. The molecule has 11 heavy (non-hydrogen) atoms. The molecule has 0 aromatic heterocycles. The molecule has 0 aliphatic heterocycles. The molecule has 0 aromatic carbocycles. The largest absolute Gasteiger partial charge is 0.415 e. The monoisotopic (exact) mass is 187 g/mol. The van der Waals surface area contributed by atoms with Crippen LogP contribution in [0.2, 0.25) is 0 Å². The predicted octanol–water partition coefficient (Wildman–Crippen LogP) is -2.51. The summed E-state index contributed by atoms with van der Waals surface area (Å²) in [6, 6.07) is 0. The maximum Gasteiger partial charge on any atom is 0.415 e. The van der Waals surface area contributed by atoms with Crippen LogP contribution in [0.3, 0.4) is 0 Å². The standard InChI is InChI=1S/C3H9NO6S/c4-10-11(7,8)9-2-3(6)1-5/h3,5-6H,1-2,4H2. The van der Waals surface area contributed by atoms with E-state index in [4.69, 9.17) is 10.2 Å². The molecule has 0 aliphatic rings. The van der Waals surface area contributed by atoms with Crippen LogP contribution in [0, 0.1) is 0 Å². The minimum Gasteiger partial charge on any atom is -0.394 e. The zero-order chi connectivity index (χ0) is 8.91. The fourth-order valence-corrected chi connectivity index (χ4v) is 0.622. The van der Waals surface area contributed by atoms with Gasteiger partial charge >= 0.3 is 10.4 Å². The lowest BCUT2D eigenvalue weighted by molar-refractivity contribution is 0.0488. The summed E-state index contributed by atoms with van der Waals surface area (Å²) < 4.78 is 27.9. The normalized spacial score (nSPS) is 14.8. The summed E-state index contributed by atoms with van der Waals surface area (Å²) >= 11 is 0. The SMILES string of the molecule is NOS(=O)(=O)OCC(O)CO. The summed E-state index contributed by atoms with van der Waals surface area (Å²) in [6.07, 6.45) is -1.26. The van der Waals surface area contributed by atoms with Gasteiger partial charge in [-0.3, -0.25) is 0 Å². The average molecular weight is 187 g/mol. The highest BCUT2D eigenvalue weighted by Gasteiger charge is 2.12. The van der Waals surface area contributed by atoms with E-state index in [1.807, 2.05) is 0 Å². The molecule has 0 heterocycles. The van der Waals surface area contributed by atoms with Crippen molar-refractivity contribution in [3.05, 3.63) is 0 Å². The van der Waals surface area contributed by atoms with Crippen LogP contribution < -0.4 is 5.90 Å². The van der Waals surface area contributed by atoms with Crippen molar-refractivity contribution in [1.29, 1.82) is 0 Å². The predicted molar refractivity (Wildman–Crippen MR) is 33.2 cm³/mol. The van der Waals surface area contributed by atoms with Crippen molar-refractivity contribution in [2.24, 2.45) is 5.90 Å². The first-order valence-electron chi connectivity index (χ1n) is 2.58. The van der Waals surface area contributed by atoms with Gasteiger partial charge in [0.25, 0.3) is 0 Å². The Hall–Kier alpha value is -0.250. The van der Waals surface area contributed by atoms with Crippen LogP contribution >= 0.6 is 0 Å². The molecule has 0 saturated heterocycles. The molecule has 0 amide bonds. The Morgan fingerprint density at radius 3 is 2.45 bits per heavy atom. The van der Waals surface area contributed by atoms with Crippen LogP contribution in [-0.4, -0.2) is 37.9 Å². The minimum absolute atomic E-state index is 0.587. The molecule has 4 N–H and O–H groups in total. The summed E-state index contributed by atoms with van der Waals surface area (Å²) in [7, 11) is -4.22. The number of hydrogen-bond donors (Lipinski definition) is 3. The van der Waals surface area contributed by atoms with Gasteiger partial charge in [-0.05, 0) is 0 Å². The van der Waals surface area contributed by atoms with Crippen LogP contribution in [0.25, 0.3) is 0 Å². The van der Waals surface area contributed by atoms with Gasteiger partial charge < -0.3 is 10.2 Å². The molecular weight excluding hydrogens is 178 g/mol. The van der Waals surface area contributed by atoms with Crippen molar-refractivity contribution >= 4 is 10.4 Å². The molecular formula is C3H9NO6S. The smallest absolute Gasteiger partial charge is 0.394 e. The van der Waals surface area contributed by atoms with E-state index in [0.717, 1.165) is 0 Å². The highest BCUT2D eigenvalue weighted by atomic mass is 32.3. The molecule has 0 fully saturated rings. The summed E-state index contributed by atoms with van der Waals surface area (Å²) in [5.74, 6) is 4.28. The molecule has 1 unspecified atom stereocenters. The molecule has 1 atom stereocenters. The van der Waals surface area contributed by atoms with E-state index in [1.165, 1.54) is 0 Å². The van der Waals surface area contributed by atoms with Crippen LogP contribution in [0.1, 0.15) is 0 Å².